The van der Waals surface area contributed by atoms with E-state index >= 15 is 0 Å². The number of methoxy groups -OCH3 is 1. The van der Waals surface area contributed by atoms with Crippen molar-refractivity contribution in [2.75, 3.05) is 12.4 Å². The third-order valence-electron chi connectivity index (χ3n) is 5.44. The van der Waals surface area contributed by atoms with Gasteiger partial charge in [-0.15, -0.1) is 11.3 Å². The summed E-state index contributed by atoms with van der Waals surface area (Å²) < 4.78 is 21.7. The second kappa shape index (κ2) is 9.66. The summed E-state index contributed by atoms with van der Waals surface area (Å²) in [6, 6.07) is 7.00. The van der Waals surface area contributed by atoms with E-state index in [9.17, 15) is 23.6 Å². The average molecular weight is 500 g/mol. The van der Waals surface area contributed by atoms with E-state index in [1.54, 1.807) is 18.4 Å². The van der Waals surface area contributed by atoms with Crippen molar-refractivity contribution < 1.29 is 18.7 Å². The fraction of sp³-hybridized carbons (Fsp3) is 0.261. The predicted octanol–water partition coefficient (Wildman–Crippen LogP) is 2.36. The molecule has 0 saturated heterocycles. The van der Waals surface area contributed by atoms with Crippen LogP contribution >= 0.6 is 11.3 Å². The van der Waals surface area contributed by atoms with Crippen LogP contribution in [0.5, 0.6) is 0 Å². The average Bonchev–Trinajstić information content (AvgIpc) is 3.44. The number of amides is 1. The molecule has 0 unspecified atom stereocenters. The molecule has 4 aromatic rings. The van der Waals surface area contributed by atoms with Crippen molar-refractivity contribution in [1.29, 1.82) is 0 Å². The summed E-state index contributed by atoms with van der Waals surface area (Å²) in [7, 11) is 1.24. The fourth-order valence-corrected chi connectivity index (χ4v) is 4.61. The van der Waals surface area contributed by atoms with Crippen LogP contribution < -0.4 is 16.6 Å². The van der Waals surface area contributed by atoms with Gasteiger partial charge in [0.2, 0.25) is 5.91 Å². The Balaban J connectivity index is 1.80. The molecule has 0 bridgehead atoms. The number of ether oxygens (including phenoxy) is 1. The van der Waals surface area contributed by atoms with Crippen LogP contribution in [0, 0.1) is 12.7 Å². The number of halogens is 1. The third-order valence-corrected chi connectivity index (χ3v) is 6.34. The first-order chi connectivity index (χ1) is 16.7. The fourth-order valence-electron chi connectivity index (χ4n) is 3.84. The molecule has 12 heteroatoms. The van der Waals surface area contributed by atoms with Crippen LogP contribution in [0.25, 0.3) is 11.0 Å². The molecular weight excluding hydrogens is 477 g/mol. The number of rotatable bonds is 7. The summed E-state index contributed by atoms with van der Waals surface area (Å²) in [5, 5.41) is 8.63. The number of aryl methyl sites for hydroxylation is 2. The summed E-state index contributed by atoms with van der Waals surface area (Å²) in [6.45, 7) is 3.30. The molecule has 0 fully saturated rings. The largest absolute Gasteiger partial charge is 0.465 e. The lowest BCUT2D eigenvalue weighted by Gasteiger charge is -2.13. The monoisotopic (exact) mass is 499 g/mol. The maximum Gasteiger partial charge on any atom is 0.350 e. The van der Waals surface area contributed by atoms with Crippen molar-refractivity contribution in [2.24, 2.45) is 0 Å². The van der Waals surface area contributed by atoms with Gasteiger partial charge in [0.1, 0.15) is 22.8 Å². The topological polar surface area (TPSA) is 117 Å². The van der Waals surface area contributed by atoms with Crippen molar-refractivity contribution in [3.8, 4) is 0 Å². The lowest BCUT2D eigenvalue weighted by atomic mass is 10.2. The minimum Gasteiger partial charge on any atom is -0.465 e. The number of anilines is 1. The summed E-state index contributed by atoms with van der Waals surface area (Å²) >= 11 is 1.11. The molecule has 0 aliphatic rings. The lowest BCUT2D eigenvalue weighted by Crippen LogP contribution is -2.42. The molecular formula is C23H22FN5O5S. The van der Waals surface area contributed by atoms with Gasteiger partial charge in [0.25, 0.3) is 5.56 Å². The van der Waals surface area contributed by atoms with Gasteiger partial charge in [-0.25, -0.2) is 14.0 Å². The van der Waals surface area contributed by atoms with E-state index < -0.39 is 35.5 Å². The van der Waals surface area contributed by atoms with Crippen molar-refractivity contribution in [3.05, 3.63) is 78.5 Å². The number of aromatic nitrogens is 4. The highest BCUT2D eigenvalue weighted by Crippen LogP contribution is 2.23. The Morgan fingerprint density at radius 3 is 2.49 bits per heavy atom. The smallest absolute Gasteiger partial charge is 0.350 e. The molecule has 0 aliphatic heterocycles. The van der Waals surface area contributed by atoms with E-state index in [1.165, 1.54) is 40.6 Å². The van der Waals surface area contributed by atoms with Crippen molar-refractivity contribution >= 4 is 39.9 Å². The molecule has 0 aliphatic carbocycles. The summed E-state index contributed by atoms with van der Waals surface area (Å²) in [6.07, 6.45) is 0. The van der Waals surface area contributed by atoms with Gasteiger partial charge < -0.3 is 10.1 Å². The number of thiophene rings is 1. The van der Waals surface area contributed by atoms with Crippen LogP contribution in [0.4, 0.5) is 10.1 Å². The maximum atomic E-state index is 13.4. The minimum atomic E-state index is -0.709. The van der Waals surface area contributed by atoms with Crippen LogP contribution in [-0.2, 0) is 29.2 Å². The minimum absolute atomic E-state index is 0.111. The Kier molecular flexibility index (Phi) is 6.65. The SMILES string of the molecule is CCn1nc(C)c2c1c(=O)n(Cc1ccc(F)cc1)c(=O)n2CC(=O)Nc1ccsc1C(=O)OC. The Morgan fingerprint density at radius 2 is 1.83 bits per heavy atom. The van der Waals surface area contributed by atoms with Gasteiger partial charge in [-0.05, 0) is 43.0 Å². The molecule has 3 heterocycles. The van der Waals surface area contributed by atoms with Crippen LogP contribution in [0.2, 0.25) is 0 Å². The van der Waals surface area contributed by atoms with E-state index in [4.69, 9.17) is 4.74 Å². The number of benzene rings is 1. The molecule has 182 valence electrons. The van der Waals surface area contributed by atoms with Crippen LogP contribution in [-0.4, -0.2) is 37.9 Å². The predicted molar refractivity (Wildman–Crippen MR) is 128 cm³/mol. The number of hydrogen-bond acceptors (Lipinski definition) is 7. The normalized spacial score (nSPS) is 11.1. The molecule has 0 radical (unpaired) electrons. The third kappa shape index (κ3) is 4.52. The highest BCUT2D eigenvalue weighted by Gasteiger charge is 2.23. The van der Waals surface area contributed by atoms with Crippen molar-refractivity contribution in [2.45, 2.75) is 33.5 Å². The highest BCUT2D eigenvalue weighted by molar-refractivity contribution is 7.12. The zero-order valence-corrected chi connectivity index (χ0v) is 20.0. The first-order valence-electron chi connectivity index (χ1n) is 10.7. The summed E-state index contributed by atoms with van der Waals surface area (Å²) in [5.41, 5.74) is 0.399. The van der Waals surface area contributed by atoms with E-state index in [-0.39, 0.29) is 28.1 Å². The quantitative estimate of drug-likeness (QED) is 0.390. The standard InChI is InChI=1S/C23H22FN5O5S/c1-4-29-19-18(13(2)26-29)27(12-17(30)25-16-9-10-35-20(16)22(32)34-3)23(33)28(21(19)31)11-14-5-7-15(24)8-6-14/h5-10H,4,11-12H2,1-3H3,(H,25,30). The zero-order chi connectivity index (χ0) is 25.3. The molecule has 1 amide bonds. The molecule has 4 rings (SSSR count). The van der Waals surface area contributed by atoms with Gasteiger partial charge in [0, 0.05) is 6.54 Å². The van der Waals surface area contributed by atoms with E-state index in [0.717, 1.165) is 15.9 Å². The number of esters is 1. The van der Waals surface area contributed by atoms with Gasteiger partial charge in [-0.2, -0.15) is 5.10 Å². The van der Waals surface area contributed by atoms with Gasteiger partial charge >= 0.3 is 11.7 Å². The van der Waals surface area contributed by atoms with E-state index in [1.807, 2.05) is 6.92 Å². The molecule has 1 N–H and O–H groups in total. The number of fused-ring (bicyclic) bond motifs is 1. The Labute approximate surface area is 202 Å². The van der Waals surface area contributed by atoms with Gasteiger partial charge in [0.15, 0.2) is 5.52 Å². The Morgan fingerprint density at radius 1 is 1.11 bits per heavy atom. The molecule has 3 aromatic heterocycles. The van der Waals surface area contributed by atoms with Crippen LogP contribution in [0.15, 0.2) is 45.3 Å². The zero-order valence-electron chi connectivity index (χ0n) is 19.2. The number of nitrogens with one attached hydrogen (secondary N) is 1. The maximum absolute atomic E-state index is 13.4. The highest BCUT2D eigenvalue weighted by atomic mass is 32.1. The molecule has 1 aromatic carbocycles. The summed E-state index contributed by atoms with van der Waals surface area (Å²) in [4.78, 5) is 51.9. The Bertz CT molecular complexity index is 1550. The first-order valence-corrected chi connectivity index (χ1v) is 11.5. The first kappa shape index (κ1) is 24.1. The van der Waals surface area contributed by atoms with Gasteiger partial charge in [0.05, 0.1) is 25.0 Å². The van der Waals surface area contributed by atoms with Crippen LogP contribution in [0.1, 0.15) is 27.9 Å². The van der Waals surface area contributed by atoms with Gasteiger partial charge in [-0.3, -0.25) is 23.4 Å². The van der Waals surface area contributed by atoms with E-state index in [0.29, 0.717) is 17.8 Å². The second-order valence-electron chi connectivity index (χ2n) is 7.69. The molecule has 0 atom stereocenters. The molecule has 0 saturated carbocycles. The number of nitrogens with zero attached hydrogens (tertiary/aromatic N) is 4. The number of carbonyl (C=O) groups excluding carboxylic acids is 2. The second-order valence-corrected chi connectivity index (χ2v) is 8.60. The Hall–Kier alpha value is -4.06. The van der Waals surface area contributed by atoms with Crippen LogP contribution in [0.3, 0.4) is 0 Å². The summed E-state index contributed by atoms with van der Waals surface area (Å²) in [5.74, 6) is -1.61. The number of hydrogen-bond donors (Lipinski definition) is 1. The van der Waals surface area contributed by atoms with Crippen molar-refractivity contribution in [3.63, 3.8) is 0 Å². The number of carbonyl (C=O) groups is 2. The lowest BCUT2D eigenvalue weighted by molar-refractivity contribution is -0.116. The molecule has 0 spiro atoms. The molecule has 10 nitrogen and oxygen atoms in total. The molecule has 35 heavy (non-hydrogen) atoms. The van der Waals surface area contributed by atoms with Crippen molar-refractivity contribution in [1.82, 2.24) is 18.9 Å². The van der Waals surface area contributed by atoms with Gasteiger partial charge in [-0.1, -0.05) is 12.1 Å². The van der Waals surface area contributed by atoms with E-state index in [2.05, 4.69) is 10.4 Å².